The Kier molecular flexibility index (Phi) is 7.07. The molecule has 0 atom stereocenters. The quantitative estimate of drug-likeness (QED) is 0.415. The average Bonchev–Trinajstić information content (AvgIpc) is 2.78. The van der Waals surface area contributed by atoms with E-state index in [2.05, 4.69) is 62.2 Å². The van der Waals surface area contributed by atoms with Crippen LogP contribution >= 0.6 is 11.6 Å². The van der Waals surface area contributed by atoms with Crippen LogP contribution in [0.2, 0.25) is 23.2 Å². The number of benzene rings is 2. The van der Waals surface area contributed by atoms with E-state index in [1.54, 1.807) is 0 Å². The topological polar surface area (TPSA) is 40.5 Å². The fourth-order valence-electron chi connectivity index (χ4n) is 5.70. The normalized spacial score (nSPS) is 20.0. The van der Waals surface area contributed by atoms with Crippen molar-refractivity contribution in [3.63, 3.8) is 0 Å². The number of hydrogen-bond acceptors (Lipinski definition) is 2. The minimum atomic E-state index is -2.27. The summed E-state index contributed by atoms with van der Waals surface area (Å²) in [6.07, 6.45) is 6.96. The van der Waals surface area contributed by atoms with Crippen LogP contribution in [0.5, 0.6) is 0 Å². The van der Waals surface area contributed by atoms with Crippen LogP contribution in [0.4, 0.5) is 0 Å². The van der Waals surface area contributed by atoms with Gasteiger partial charge in [0.2, 0.25) is 5.91 Å². The molecule has 1 aliphatic heterocycles. The van der Waals surface area contributed by atoms with Crippen molar-refractivity contribution < 1.29 is 9.59 Å². The minimum absolute atomic E-state index is 0.0493. The molecule has 3 nitrogen and oxygen atoms in total. The standard InChI is InChI=1S/C29H40ClNO2Si/c1-27(2,34(3,4)33)17-18-28(23-9-6-5-7-10-23)19-21-31(22-20-28)26(32)29(15-8-16-29)24-11-13-25(30)14-12-24/h5-7,9-14,33H,8,15-22H2,1-4H3. The largest absolute Gasteiger partial charge is 0.432 e. The first-order valence-corrected chi connectivity index (χ1v) is 16.2. The zero-order chi connectivity index (χ0) is 24.6. The zero-order valence-electron chi connectivity index (χ0n) is 21.2. The molecule has 0 radical (unpaired) electrons. The van der Waals surface area contributed by atoms with Crippen LogP contribution in [-0.4, -0.2) is 37.0 Å². The molecule has 0 unspecified atom stereocenters. The third-order valence-corrected chi connectivity index (χ3v) is 13.1. The molecule has 0 aromatic heterocycles. The van der Waals surface area contributed by atoms with E-state index in [9.17, 15) is 9.59 Å². The fraction of sp³-hybridized carbons (Fsp3) is 0.552. The number of piperidine rings is 1. The van der Waals surface area contributed by atoms with Gasteiger partial charge in [-0.1, -0.05) is 74.3 Å². The second-order valence-electron chi connectivity index (χ2n) is 11.8. The summed E-state index contributed by atoms with van der Waals surface area (Å²) in [7, 11) is -2.27. The highest BCUT2D eigenvalue weighted by Crippen LogP contribution is 2.49. The number of amides is 1. The summed E-state index contributed by atoms with van der Waals surface area (Å²) in [5.41, 5.74) is 2.18. The van der Waals surface area contributed by atoms with Crippen molar-refractivity contribution in [2.75, 3.05) is 13.1 Å². The molecule has 5 heteroatoms. The Morgan fingerprint density at radius 3 is 2.06 bits per heavy atom. The van der Waals surface area contributed by atoms with Gasteiger partial charge in [-0.05, 0) is 85.3 Å². The molecule has 0 spiro atoms. The molecule has 2 aliphatic rings. The van der Waals surface area contributed by atoms with Crippen molar-refractivity contribution in [1.29, 1.82) is 0 Å². The molecule has 0 bridgehead atoms. The van der Waals surface area contributed by atoms with E-state index in [1.165, 1.54) is 5.56 Å². The molecule has 1 saturated carbocycles. The number of carbonyl (C=O) groups excluding carboxylic acids is 1. The Hall–Kier alpha value is -1.62. The highest BCUT2D eigenvalue weighted by Gasteiger charge is 2.49. The van der Waals surface area contributed by atoms with Gasteiger partial charge in [-0.2, -0.15) is 0 Å². The molecule has 1 amide bonds. The van der Waals surface area contributed by atoms with Crippen LogP contribution in [0, 0.1) is 0 Å². The van der Waals surface area contributed by atoms with Crippen LogP contribution in [0.3, 0.4) is 0 Å². The molecule has 2 aromatic carbocycles. The van der Waals surface area contributed by atoms with Crippen LogP contribution < -0.4 is 0 Å². The molecule has 4 rings (SSSR count). The first-order chi connectivity index (χ1) is 16.0. The van der Waals surface area contributed by atoms with Gasteiger partial charge in [0.05, 0.1) is 5.41 Å². The van der Waals surface area contributed by atoms with E-state index in [0.717, 1.165) is 63.6 Å². The lowest BCUT2D eigenvalue weighted by atomic mass is 9.62. The lowest BCUT2D eigenvalue weighted by Gasteiger charge is -2.49. The van der Waals surface area contributed by atoms with Crippen molar-refractivity contribution in [2.45, 2.75) is 87.8 Å². The van der Waals surface area contributed by atoms with Gasteiger partial charge in [0, 0.05) is 18.1 Å². The van der Waals surface area contributed by atoms with Crippen molar-refractivity contribution in [1.82, 2.24) is 4.90 Å². The van der Waals surface area contributed by atoms with Crippen LogP contribution in [0.1, 0.15) is 69.9 Å². The number of nitrogens with zero attached hydrogens (tertiary/aromatic N) is 1. The zero-order valence-corrected chi connectivity index (χ0v) is 23.0. The van der Waals surface area contributed by atoms with Crippen molar-refractivity contribution in [3.05, 3.63) is 70.7 Å². The first-order valence-electron chi connectivity index (χ1n) is 12.8. The molecule has 1 heterocycles. The summed E-state index contributed by atoms with van der Waals surface area (Å²) in [6, 6.07) is 18.8. The van der Waals surface area contributed by atoms with Gasteiger partial charge in [-0.3, -0.25) is 4.79 Å². The average molecular weight is 498 g/mol. The van der Waals surface area contributed by atoms with Gasteiger partial charge in [0.1, 0.15) is 0 Å². The Balaban J connectivity index is 1.53. The molecular formula is C29H40ClNO2Si. The number of likely N-dealkylation sites (tertiary alicyclic amines) is 1. The molecule has 2 aromatic rings. The maximum Gasteiger partial charge on any atom is 0.233 e. The van der Waals surface area contributed by atoms with E-state index in [4.69, 9.17) is 11.6 Å². The smallest absolute Gasteiger partial charge is 0.233 e. The lowest BCUT2D eigenvalue weighted by Crippen LogP contribution is -2.55. The van der Waals surface area contributed by atoms with Crippen LogP contribution in [0.25, 0.3) is 0 Å². The van der Waals surface area contributed by atoms with Crippen molar-refractivity contribution >= 4 is 25.8 Å². The monoisotopic (exact) mass is 497 g/mol. The van der Waals surface area contributed by atoms with Crippen LogP contribution in [-0.2, 0) is 15.6 Å². The van der Waals surface area contributed by atoms with Gasteiger partial charge < -0.3 is 9.70 Å². The number of carbonyl (C=O) groups is 1. The Morgan fingerprint density at radius 1 is 0.971 bits per heavy atom. The third kappa shape index (κ3) is 4.74. The summed E-state index contributed by atoms with van der Waals surface area (Å²) in [5.74, 6) is 0.298. The Labute approximate surface area is 211 Å². The van der Waals surface area contributed by atoms with Gasteiger partial charge in [0.25, 0.3) is 0 Å². The Morgan fingerprint density at radius 2 is 1.56 bits per heavy atom. The van der Waals surface area contributed by atoms with E-state index >= 15 is 0 Å². The SMILES string of the molecule is CC(C)(CCC1(c2ccccc2)CCN(C(=O)C2(c3ccc(Cl)cc3)CCC2)CC1)[Si](C)(C)O. The molecule has 1 saturated heterocycles. The number of rotatable bonds is 7. The van der Waals surface area contributed by atoms with E-state index < -0.39 is 8.32 Å². The maximum absolute atomic E-state index is 13.8. The fourth-order valence-corrected chi connectivity index (χ4v) is 6.56. The third-order valence-electron chi connectivity index (χ3n) is 9.29. The second-order valence-corrected chi connectivity index (χ2v) is 16.7. The van der Waals surface area contributed by atoms with Crippen molar-refractivity contribution in [2.24, 2.45) is 0 Å². The predicted octanol–water partition coefficient (Wildman–Crippen LogP) is 7.08. The van der Waals surface area contributed by atoms with Crippen molar-refractivity contribution in [3.8, 4) is 0 Å². The summed E-state index contributed by atoms with van der Waals surface area (Å²) >= 11 is 6.12. The predicted molar refractivity (Wildman–Crippen MR) is 144 cm³/mol. The summed E-state index contributed by atoms with van der Waals surface area (Å²) in [6.45, 7) is 10.1. The van der Waals surface area contributed by atoms with E-state index in [-0.39, 0.29) is 15.9 Å². The molecule has 184 valence electrons. The van der Waals surface area contributed by atoms with Gasteiger partial charge >= 0.3 is 0 Å². The highest BCUT2D eigenvalue weighted by atomic mass is 35.5. The lowest BCUT2D eigenvalue weighted by molar-refractivity contribution is -0.142. The minimum Gasteiger partial charge on any atom is -0.432 e. The molecule has 1 N–H and O–H groups in total. The maximum atomic E-state index is 13.8. The van der Waals surface area contributed by atoms with Gasteiger partial charge in [0.15, 0.2) is 8.32 Å². The summed E-state index contributed by atoms with van der Waals surface area (Å²) in [4.78, 5) is 26.8. The van der Waals surface area contributed by atoms with Gasteiger partial charge in [-0.25, -0.2) is 0 Å². The number of halogens is 1. The van der Waals surface area contributed by atoms with E-state index in [1.807, 2.05) is 24.3 Å². The Bertz CT molecular complexity index is 985. The number of hydrogen-bond donors (Lipinski definition) is 1. The summed E-state index contributed by atoms with van der Waals surface area (Å²) in [5, 5.41) is 0.667. The van der Waals surface area contributed by atoms with E-state index in [0.29, 0.717) is 10.9 Å². The molecular weight excluding hydrogens is 458 g/mol. The molecule has 2 fully saturated rings. The highest BCUT2D eigenvalue weighted by molar-refractivity contribution is 6.72. The summed E-state index contributed by atoms with van der Waals surface area (Å²) < 4.78 is 0. The van der Waals surface area contributed by atoms with Crippen LogP contribution in [0.15, 0.2) is 54.6 Å². The molecule has 1 aliphatic carbocycles. The first kappa shape index (κ1) is 25.5. The second kappa shape index (κ2) is 9.44. The molecule has 34 heavy (non-hydrogen) atoms. The van der Waals surface area contributed by atoms with Gasteiger partial charge in [-0.15, -0.1) is 0 Å².